The third-order valence-electron chi connectivity index (χ3n) is 3.10. The number of carbonyl (C=O) groups excluding carboxylic acids is 1. The van der Waals surface area contributed by atoms with Gasteiger partial charge in [-0.05, 0) is 37.1 Å². The van der Waals surface area contributed by atoms with Gasteiger partial charge in [-0.15, -0.1) is 11.8 Å². The topological polar surface area (TPSA) is 29.1 Å². The van der Waals surface area contributed by atoms with Crippen LogP contribution in [-0.2, 0) is 10.5 Å². The van der Waals surface area contributed by atoms with Crippen molar-refractivity contribution < 1.29 is 4.79 Å². The molecule has 0 bridgehead atoms. The van der Waals surface area contributed by atoms with Crippen LogP contribution < -0.4 is 5.32 Å². The Labute approximate surface area is 138 Å². The molecule has 0 saturated heterocycles. The lowest BCUT2D eigenvalue weighted by atomic mass is 10.1. The number of hydrogen-bond donors (Lipinski definition) is 1. The normalized spacial score (nSPS) is 10.4. The summed E-state index contributed by atoms with van der Waals surface area (Å²) in [5, 5.41) is 2.97. The molecule has 0 aliphatic carbocycles. The lowest BCUT2D eigenvalue weighted by Crippen LogP contribution is -2.15. The Balaban J connectivity index is 1.84. The summed E-state index contributed by atoms with van der Waals surface area (Å²) in [7, 11) is 0. The summed E-state index contributed by atoms with van der Waals surface area (Å²) in [5.41, 5.74) is 4.40. The summed E-state index contributed by atoms with van der Waals surface area (Å²) in [6, 6.07) is 14.1. The number of nitrogens with one attached hydrogen (secondary N) is 1. The van der Waals surface area contributed by atoms with Crippen molar-refractivity contribution in [2.24, 2.45) is 0 Å². The lowest BCUT2D eigenvalue weighted by molar-refractivity contribution is -0.113. The van der Waals surface area contributed by atoms with Crippen LogP contribution >= 0.6 is 27.7 Å². The van der Waals surface area contributed by atoms with E-state index in [4.69, 9.17) is 0 Å². The number of amides is 1. The van der Waals surface area contributed by atoms with Gasteiger partial charge in [0.1, 0.15) is 0 Å². The molecule has 0 aromatic heterocycles. The van der Waals surface area contributed by atoms with Crippen molar-refractivity contribution >= 4 is 39.3 Å². The van der Waals surface area contributed by atoms with Crippen LogP contribution in [0.3, 0.4) is 0 Å². The Kier molecular flexibility index (Phi) is 5.88. The third kappa shape index (κ3) is 4.90. The van der Waals surface area contributed by atoms with Gasteiger partial charge in [0.25, 0.3) is 0 Å². The SMILES string of the molecule is Cc1ccc(NC(=O)CSCc2ccccc2Br)c(C)c1. The van der Waals surface area contributed by atoms with Gasteiger partial charge in [-0.3, -0.25) is 4.79 Å². The number of halogens is 1. The van der Waals surface area contributed by atoms with Crippen molar-refractivity contribution in [1.82, 2.24) is 0 Å². The molecule has 2 rings (SSSR count). The van der Waals surface area contributed by atoms with Crippen LogP contribution in [0.15, 0.2) is 46.9 Å². The van der Waals surface area contributed by atoms with E-state index in [1.807, 2.05) is 44.2 Å². The maximum absolute atomic E-state index is 12.0. The van der Waals surface area contributed by atoms with Gasteiger partial charge in [0.05, 0.1) is 5.75 Å². The lowest BCUT2D eigenvalue weighted by Gasteiger charge is -2.09. The summed E-state index contributed by atoms with van der Waals surface area (Å²) in [5.74, 6) is 1.31. The largest absolute Gasteiger partial charge is 0.325 e. The first-order chi connectivity index (χ1) is 10.1. The van der Waals surface area contributed by atoms with Gasteiger partial charge in [0.2, 0.25) is 5.91 Å². The molecule has 2 aromatic carbocycles. The first-order valence-electron chi connectivity index (χ1n) is 6.74. The first kappa shape index (κ1) is 16.1. The van der Waals surface area contributed by atoms with Gasteiger partial charge in [0.15, 0.2) is 0 Å². The minimum absolute atomic E-state index is 0.0407. The van der Waals surface area contributed by atoms with E-state index in [1.165, 1.54) is 11.1 Å². The van der Waals surface area contributed by atoms with E-state index in [-0.39, 0.29) is 5.91 Å². The molecule has 0 fully saturated rings. The van der Waals surface area contributed by atoms with Crippen LogP contribution in [0.1, 0.15) is 16.7 Å². The van der Waals surface area contributed by atoms with Gasteiger partial charge >= 0.3 is 0 Å². The molecule has 1 amide bonds. The van der Waals surface area contributed by atoms with Crippen LogP contribution in [0.2, 0.25) is 0 Å². The Morgan fingerprint density at radius 3 is 2.67 bits per heavy atom. The molecule has 2 nitrogen and oxygen atoms in total. The average molecular weight is 364 g/mol. The molecule has 4 heteroatoms. The van der Waals surface area contributed by atoms with E-state index in [1.54, 1.807) is 11.8 Å². The number of benzene rings is 2. The van der Waals surface area contributed by atoms with Crippen molar-refractivity contribution in [3.8, 4) is 0 Å². The molecular weight excluding hydrogens is 346 g/mol. The Bertz CT molecular complexity index is 642. The van der Waals surface area contributed by atoms with Crippen LogP contribution in [-0.4, -0.2) is 11.7 Å². The number of hydrogen-bond acceptors (Lipinski definition) is 2. The summed E-state index contributed by atoms with van der Waals surface area (Å²) in [6.07, 6.45) is 0. The highest BCUT2D eigenvalue weighted by atomic mass is 79.9. The first-order valence-corrected chi connectivity index (χ1v) is 8.69. The van der Waals surface area contributed by atoms with E-state index in [0.29, 0.717) is 5.75 Å². The molecule has 0 saturated carbocycles. The molecule has 1 N–H and O–H groups in total. The Hall–Kier alpha value is -1.26. The van der Waals surface area contributed by atoms with Crippen LogP contribution in [0.5, 0.6) is 0 Å². The summed E-state index contributed by atoms with van der Waals surface area (Å²) >= 11 is 5.13. The monoisotopic (exact) mass is 363 g/mol. The zero-order chi connectivity index (χ0) is 15.2. The van der Waals surface area contributed by atoms with E-state index in [9.17, 15) is 4.79 Å². The highest BCUT2D eigenvalue weighted by Crippen LogP contribution is 2.22. The number of anilines is 1. The predicted octanol–water partition coefficient (Wildman–Crippen LogP) is 4.94. The molecule has 0 aliphatic rings. The minimum atomic E-state index is 0.0407. The van der Waals surface area contributed by atoms with Gasteiger partial charge in [0, 0.05) is 15.9 Å². The Morgan fingerprint density at radius 1 is 1.19 bits per heavy atom. The number of carbonyl (C=O) groups is 1. The molecule has 0 unspecified atom stereocenters. The fraction of sp³-hybridized carbons (Fsp3) is 0.235. The van der Waals surface area contributed by atoms with Crippen molar-refractivity contribution in [2.75, 3.05) is 11.1 Å². The second kappa shape index (κ2) is 7.66. The highest BCUT2D eigenvalue weighted by molar-refractivity contribution is 9.10. The maximum Gasteiger partial charge on any atom is 0.234 e. The molecule has 0 heterocycles. The molecular formula is C17H18BrNOS. The molecule has 2 aromatic rings. The standard InChI is InChI=1S/C17H18BrNOS/c1-12-7-8-16(13(2)9-12)19-17(20)11-21-10-14-5-3-4-6-15(14)18/h3-9H,10-11H2,1-2H3,(H,19,20). The summed E-state index contributed by atoms with van der Waals surface area (Å²) < 4.78 is 1.09. The van der Waals surface area contributed by atoms with E-state index >= 15 is 0 Å². The smallest absolute Gasteiger partial charge is 0.234 e. The Morgan fingerprint density at radius 2 is 1.95 bits per heavy atom. The average Bonchev–Trinajstić information content (AvgIpc) is 2.44. The quantitative estimate of drug-likeness (QED) is 0.814. The summed E-state index contributed by atoms with van der Waals surface area (Å²) in [4.78, 5) is 12.0. The molecule has 0 aliphatic heterocycles. The van der Waals surface area contributed by atoms with Gasteiger partial charge in [-0.25, -0.2) is 0 Å². The fourth-order valence-corrected chi connectivity index (χ4v) is 3.45. The molecule has 110 valence electrons. The van der Waals surface area contributed by atoms with E-state index in [2.05, 4.69) is 33.4 Å². The highest BCUT2D eigenvalue weighted by Gasteiger charge is 2.06. The van der Waals surface area contributed by atoms with Crippen molar-refractivity contribution in [1.29, 1.82) is 0 Å². The summed E-state index contributed by atoms with van der Waals surface area (Å²) in [6.45, 7) is 4.06. The third-order valence-corrected chi connectivity index (χ3v) is 4.86. The molecule has 21 heavy (non-hydrogen) atoms. The zero-order valence-electron chi connectivity index (χ0n) is 12.2. The predicted molar refractivity (Wildman–Crippen MR) is 94.8 cm³/mol. The maximum atomic E-state index is 12.0. The molecule has 0 radical (unpaired) electrons. The zero-order valence-corrected chi connectivity index (χ0v) is 14.6. The molecule has 0 spiro atoms. The number of thioether (sulfide) groups is 1. The number of aryl methyl sites for hydroxylation is 2. The van der Waals surface area contributed by atoms with Crippen molar-refractivity contribution in [3.63, 3.8) is 0 Å². The molecule has 0 atom stereocenters. The second-order valence-electron chi connectivity index (χ2n) is 4.95. The van der Waals surface area contributed by atoms with Gasteiger partial charge < -0.3 is 5.32 Å². The fourth-order valence-electron chi connectivity index (χ4n) is 2.01. The van der Waals surface area contributed by atoms with Crippen LogP contribution in [0, 0.1) is 13.8 Å². The van der Waals surface area contributed by atoms with Gasteiger partial charge in [-0.1, -0.05) is 51.8 Å². The van der Waals surface area contributed by atoms with Crippen molar-refractivity contribution in [2.45, 2.75) is 19.6 Å². The van der Waals surface area contributed by atoms with Crippen molar-refractivity contribution in [3.05, 3.63) is 63.6 Å². The van der Waals surface area contributed by atoms with Crippen LogP contribution in [0.25, 0.3) is 0 Å². The van der Waals surface area contributed by atoms with Crippen LogP contribution in [0.4, 0.5) is 5.69 Å². The van der Waals surface area contributed by atoms with E-state index in [0.717, 1.165) is 21.5 Å². The van der Waals surface area contributed by atoms with E-state index < -0.39 is 0 Å². The van der Waals surface area contributed by atoms with Gasteiger partial charge in [-0.2, -0.15) is 0 Å². The number of rotatable bonds is 5. The minimum Gasteiger partial charge on any atom is -0.325 e. The second-order valence-corrected chi connectivity index (χ2v) is 6.79.